The van der Waals surface area contributed by atoms with Crippen LogP contribution in [-0.4, -0.2) is 6.21 Å². The Morgan fingerprint density at radius 1 is 1.19 bits per heavy atom. The van der Waals surface area contributed by atoms with E-state index in [1.54, 1.807) is 0 Å². The van der Waals surface area contributed by atoms with Gasteiger partial charge in [0.05, 0.1) is 5.57 Å². The van der Waals surface area contributed by atoms with E-state index < -0.39 is 0 Å². The van der Waals surface area contributed by atoms with Crippen molar-refractivity contribution in [2.24, 2.45) is 0 Å². The van der Waals surface area contributed by atoms with Crippen LogP contribution in [0.5, 0.6) is 0 Å². The van der Waals surface area contributed by atoms with Crippen LogP contribution < -0.4 is 4.99 Å². The Morgan fingerprint density at radius 3 is 3.12 bits per heavy atom. The average Bonchev–Trinajstić information content (AvgIpc) is 2.88. The zero-order chi connectivity index (χ0) is 10.5. The lowest BCUT2D eigenvalue weighted by atomic mass is 9.90. The van der Waals surface area contributed by atoms with Crippen molar-refractivity contribution in [3.05, 3.63) is 70.5 Å². The van der Waals surface area contributed by atoms with E-state index in [9.17, 15) is 0 Å². The Labute approximate surface area is 94.5 Å². The number of benzene rings is 1. The third-order valence-electron chi connectivity index (χ3n) is 3.67. The summed E-state index contributed by atoms with van der Waals surface area (Å²) in [6, 6.07) is 8.78. The summed E-state index contributed by atoms with van der Waals surface area (Å²) in [5.41, 5.74) is 7.10. The van der Waals surface area contributed by atoms with Crippen LogP contribution in [0.15, 0.2) is 59.3 Å². The summed E-state index contributed by atoms with van der Waals surface area (Å²) in [5.74, 6) is 0.502. The van der Waals surface area contributed by atoms with Gasteiger partial charge in [0.15, 0.2) is 6.21 Å². The molecular formula is C15H12N+. The van der Waals surface area contributed by atoms with E-state index in [0.29, 0.717) is 5.92 Å². The Bertz CT molecular complexity index is 600. The highest BCUT2D eigenvalue weighted by atomic mass is 14.8. The minimum absolute atomic E-state index is 0.502. The Kier molecular flexibility index (Phi) is 1.46. The molecule has 1 atom stereocenters. The minimum atomic E-state index is 0.502. The lowest BCUT2D eigenvalue weighted by molar-refractivity contribution is -0.382. The third-order valence-corrected chi connectivity index (χ3v) is 3.67. The van der Waals surface area contributed by atoms with Crippen LogP contribution in [0.2, 0.25) is 0 Å². The largest absolute Gasteiger partial charge is 0.211 e. The summed E-state index contributed by atoms with van der Waals surface area (Å²) in [6.07, 6.45) is 9.98. The van der Waals surface area contributed by atoms with Gasteiger partial charge in [-0.25, -0.2) is 4.99 Å². The predicted octanol–water partition coefficient (Wildman–Crippen LogP) is 1.24. The molecule has 1 N–H and O–H groups in total. The molecule has 1 heteroatoms. The molecule has 1 aromatic carbocycles. The monoisotopic (exact) mass is 206 g/mol. The van der Waals surface area contributed by atoms with E-state index >= 15 is 0 Å². The lowest BCUT2D eigenvalue weighted by Gasteiger charge is -2.13. The van der Waals surface area contributed by atoms with Crippen molar-refractivity contribution in [1.29, 1.82) is 0 Å². The summed E-state index contributed by atoms with van der Waals surface area (Å²) in [6.45, 7) is 0. The molecule has 0 aromatic heterocycles. The van der Waals surface area contributed by atoms with Gasteiger partial charge >= 0.3 is 0 Å². The first-order chi connectivity index (χ1) is 7.92. The fourth-order valence-corrected chi connectivity index (χ4v) is 2.90. The lowest BCUT2D eigenvalue weighted by Crippen LogP contribution is -2.64. The van der Waals surface area contributed by atoms with Crippen LogP contribution in [0.1, 0.15) is 17.0 Å². The first-order valence-corrected chi connectivity index (χ1v) is 5.72. The van der Waals surface area contributed by atoms with Gasteiger partial charge in [-0.15, -0.1) is 0 Å². The molecule has 1 nitrogen and oxygen atoms in total. The molecule has 0 fully saturated rings. The fraction of sp³-hybridized carbons (Fsp3) is 0.133. The van der Waals surface area contributed by atoms with Gasteiger partial charge in [0.2, 0.25) is 5.70 Å². The number of fused-ring (bicyclic) bond motifs is 4. The highest BCUT2D eigenvalue weighted by molar-refractivity contribution is 5.75. The molecule has 1 heterocycles. The Balaban J connectivity index is 1.92. The fourth-order valence-electron chi connectivity index (χ4n) is 2.90. The van der Waals surface area contributed by atoms with E-state index in [1.807, 2.05) is 6.21 Å². The van der Waals surface area contributed by atoms with Crippen molar-refractivity contribution in [2.75, 3.05) is 0 Å². The maximum Gasteiger partial charge on any atom is 0.207 e. The first-order valence-electron chi connectivity index (χ1n) is 5.72. The predicted molar refractivity (Wildman–Crippen MR) is 64.2 cm³/mol. The molecule has 1 aromatic rings. The van der Waals surface area contributed by atoms with Gasteiger partial charge in [0.1, 0.15) is 0 Å². The van der Waals surface area contributed by atoms with Gasteiger partial charge in [0, 0.05) is 12.0 Å². The molecule has 76 valence electrons. The molecule has 1 aliphatic heterocycles. The summed E-state index contributed by atoms with van der Waals surface area (Å²) in [4.78, 5) is 3.30. The number of hydrogen-bond donors (Lipinski definition) is 1. The van der Waals surface area contributed by atoms with Gasteiger partial charge in [0.25, 0.3) is 0 Å². The van der Waals surface area contributed by atoms with Gasteiger partial charge < -0.3 is 0 Å². The smallest absolute Gasteiger partial charge is 0.207 e. The second-order valence-electron chi connectivity index (χ2n) is 4.59. The van der Waals surface area contributed by atoms with Crippen molar-refractivity contribution in [2.45, 2.75) is 12.3 Å². The van der Waals surface area contributed by atoms with Crippen LogP contribution >= 0.6 is 0 Å². The second-order valence-corrected chi connectivity index (χ2v) is 4.59. The topological polar surface area (TPSA) is 14.0 Å². The number of allylic oxidation sites excluding steroid dienone is 4. The molecular weight excluding hydrogens is 194 g/mol. The van der Waals surface area contributed by atoms with Crippen LogP contribution in [-0.2, 0) is 6.42 Å². The van der Waals surface area contributed by atoms with E-state index in [1.165, 1.54) is 28.0 Å². The van der Waals surface area contributed by atoms with E-state index in [-0.39, 0.29) is 0 Å². The maximum atomic E-state index is 3.30. The standard InChI is InChI=1S/C15H11N/c1-2-4-13-10(3-1)7-12-8-11-5-6-16-15(11)9-14(12)13/h1-6,8-9,14H,7H2/p+1. The highest BCUT2D eigenvalue weighted by Gasteiger charge is 2.31. The quantitative estimate of drug-likeness (QED) is 0.656. The molecule has 0 saturated heterocycles. The van der Waals surface area contributed by atoms with Gasteiger partial charge in [-0.3, -0.25) is 0 Å². The molecule has 2 aliphatic carbocycles. The van der Waals surface area contributed by atoms with Gasteiger partial charge in [-0.1, -0.05) is 29.8 Å². The number of hydrogen-bond acceptors (Lipinski definition) is 0. The van der Waals surface area contributed by atoms with Crippen LogP contribution in [0, 0.1) is 0 Å². The number of rotatable bonds is 0. The van der Waals surface area contributed by atoms with Gasteiger partial charge in [-0.05, 0) is 29.7 Å². The molecule has 0 saturated carbocycles. The molecule has 0 radical (unpaired) electrons. The van der Waals surface area contributed by atoms with Gasteiger partial charge in [-0.2, -0.15) is 0 Å². The Morgan fingerprint density at radius 2 is 2.12 bits per heavy atom. The molecule has 0 bridgehead atoms. The first kappa shape index (κ1) is 8.28. The molecule has 0 spiro atoms. The summed E-state index contributed by atoms with van der Waals surface area (Å²) >= 11 is 0. The summed E-state index contributed by atoms with van der Waals surface area (Å²) in [7, 11) is 0. The normalized spacial score (nSPS) is 24.2. The van der Waals surface area contributed by atoms with E-state index in [4.69, 9.17) is 0 Å². The average molecular weight is 206 g/mol. The maximum absolute atomic E-state index is 3.30. The molecule has 1 unspecified atom stereocenters. The van der Waals surface area contributed by atoms with Crippen molar-refractivity contribution < 1.29 is 4.99 Å². The van der Waals surface area contributed by atoms with Crippen molar-refractivity contribution in [3.8, 4) is 0 Å². The SMILES string of the molecule is C1=[NH+]C2=CC3C(=CC2=C1)Cc1ccccc13. The van der Waals surface area contributed by atoms with Crippen molar-refractivity contribution in [3.63, 3.8) is 0 Å². The van der Waals surface area contributed by atoms with E-state index in [0.717, 1.165) is 6.42 Å². The minimum Gasteiger partial charge on any atom is -0.211 e. The van der Waals surface area contributed by atoms with Crippen molar-refractivity contribution in [1.82, 2.24) is 0 Å². The van der Waals surface area contributed by atoms with Crippen LogP contribution in [0.3, 0.4) is 0 Å². The molecule has 4 rings (SSSR count). The van der Waals surface area contributed by atoms with E-state index in [2.05, 4.69) is 47.5 Å². The zero-order valence-corrected chi connectivity index (χ0v) is 8.90. The van der Waals surface area contributed by atoms with Crippen LogP contribution in [0.4, 0.5) is 0 Å². The third kappa shape index (κ3) is 0.977. The van der Waals surface area contributed by atoms with Crippen LogP contribution in [0.25, 0.3) is 0 Å². The highest BCUT2D eigenvalue weighted by Crippen LogP contribution is 2.42. The molecule has 3 aliphatic rings. The zero-order valence-electron chi connectivity index (χ0n) is 8.90. The molecule has 0 amide bonds. The molecule has 16 heavy (non-hydrogen) atoms. The second kappa shape index (κ2) is 2.82. The number of nitrogens with one attached hydrogen (secondary N) is 1. The summed E-state index contributed by atoms with van der Waals surface area (Å²) in [5, 5.41) is 0. The van der Waals surface area contributed by atoms with Crippen molar-refractivity contribution >= 4 is 6.21 Å². The summed E-state index contributed by atoms with van der Waals surface area (Å²) < 4.78 is 0. The Hall–Kier alpha value is -1.89.